The molecule has 18 heavy (non-hydrogen) atoms. The minimum absolute atomic E-state index is 0.0144. The molecule has 0 unspecified atom stereocenters. The van der Waals surface area contributed by atoms with E-state index in [2.05, 4.69) is 31.6 Å². The zero-order valence-electron chi connectivity index (χ0n) is 8.78. The Labute approximate surface area is 113 Å². The SMILES string of the molecule is NNc1nnc(COc2c(F)cc(F)cc2Br)s1. The Balaban J connectivity index is 2.10. The van der Waals surface area contributed by atoms with Crippen molar-refractivity contribution in [3.05, 3.63) is 33.2 Å². The van der Waals surface area contributed by atoms with Crippen molar-refractivity contribution in [1.29, 1.82) is 0 Å². The molecule has 0 radical (unpaired) electrons. The first-order chi connectivity index (χ1) is 8.60. The van der Waals surface area contributed by atoms with E-state index in [0.29, 0.717) is 10.1 Å². The lowest BCUT2D eigenvalue weighted by molar-refractivity contribution is 0.285. The molecular formula is C9H7BrF2N4OS. The normalized spacial score (nSPS) is 10.4. The third-order valence-electron chi connectivity index (χ3n) is 1.89. The Bertz CT molecular complexity index is 542. The lowest BCUT2D eigenvalue weighted by Crippen LogP contribution is -2.05. The summed E-state index contributed by atoms with van der Waals surface area (Å²) >= 11 is 4.19. The maximum atomic E-state index is 13.4. The average molecular weight is 337 g/mol. The van der Waals surface area contributed by atoms with Crippen LogP contribution >= 0.6 is 27.3 Å². The Morgan fingerprint density at radius 1 is 1.39 bits per heavy atom. The largest absolute Gasteiger partial charge is 0.482 e. The van der Waals surface area contributed by atoms with Crippen LogP contribution in [-0.2, 0) is 6.61 Å². The zero-order valence-corrected chi connectivity index (χ0v) is 11.2. The summed E-state index contributed by atoms with van der Waals surface area (Å²) < 4.78 is 31.7. The van der Waals surface area contributed by atoms with Gasteiger partial charge >= 0.3 is 0 Å². The second-order valence-corrected chi connectivity index (χ2v) is 5.05. The number of nitrogens with two attached hydrogens (primary N) is 1. The monoisotopic (exact) mass is 336 g/mol. The Morgan fingerprint density at radius 2 is 2.17 bits per heavy atom. The Morgan fingerprint density at radius 3 is 2.78 bits per heavy atom. The van der Waals surface area contributed by atoms with Crippen LogP contribution in [0.25, 0.3) is 0 Å². The van der Waals surface area contributed by atoms with Crippen LogP contribution in [0.15, 0.2) is 16.6 Å². The molecule has 1 heterocycles. The van der Waals surface area contributed by atoms with Crippen LogP contribution in [0.4, 0.5) is 13.9 Å². The van der Waals surface area contributed by atoms with Gasteiger partial charge in [0.2, 0.25) is 5.13 Å². The molecule has 0 bridgehead atoms. The molecule has 0 atom stereocenters. The molecule has 5 nitrogen and oxygen atoms in total. The summed E-state index contributed by atoms with van der Waals surface area (Å²) in [6.07, 6.45) is 0. The van der Waals surface area contributed by atoms with Gasteiger partial charge in [-0.05, 0) is 22.0 Å². The van der Waals surface area contributed by atoms with Crippen molar-refractivity contribution in [1.82, 2.24) is 10.2 Å². The van der Waals surface area contributed by atoms with Gasteiger partial charge in [0, 0.05) is 6.07 Å². The fraction of sp³-hybridized carbons (Fsp3) is 0.111. The minimum atomic E-state index is -0.788. The number of hydrogen-bond donors (Lipinski definition) is 2. The van der Waals surface area contributed by atoms with E-state index < -0.39 is 11.6 Å². The van der Waals surface area contributed by atoms with E-state index in [4.69, 9.17) is 10.6 Å². The van der Waals surface area contributed by atoms with Crippen molar-refractivity contribution in [2.75, 3.05) is 5.43 Å². The van der Waals surface area contributed by atoms with Crippen LogP contribution in [0.3, 0.4) is 0 Å². The zero-order chi connectivity index (χ0) is 13.1. The molecule has 0 aliphatic rings. The number of halogens is 3. The van der Waals surface area contributed by atoms with Crippen molar-refractivity contribution in [3.8, 4) is 5.75 Å². The van der Waals surface area contributed by atoms with Gasteiger partial charge in [0.05, 0.1) is 4.47 Å². The van der Waals surface area contributed by atoms with E-state index >= 15 is 0 Å². The van der Waals surface area contributed by atoms with Crippen LogP contribution in [-0.4, -0.2) is 10.2 Å². The Hall–Kier alpha value is -1.32. The van der Waals surface area contributed by atoms with E-state index in [9.17, 15) is 8.78 Å². The highest BCUT2D eigenvalue weighted by Gasteiger charge is 2.12. The van der Waals surface area contributed by atoms with Crippen molar-refractivity contribution >= 4 is 32.4 Å². The van der Waals surface area contributed by atoms with E-state index in [-0.39, 0.29) is 16.8 Å². The molecule has 96 valence electrons. The van der Waals surface area contributed by atoms with Crippen LogP contribution in [0, 0.1) is 11.6 Å². The predicted octanol–water partition coefficient (Wildman–Crippen LogP) is 2.44. The van der Waals surface area contributed by atoms with Gasteiger partial charge in [-0.1, -0.05) is 11.3 Å². The number of aromatic nitrogens is 2. The summed E-state index contributed by atoms with van der Waals surface area (Å²) in [5.41, 5.74) is 2.33. The number of hydrogen-bond acceptors (Lipinski definition) is 6. The highest BCUT2D eigenvalue weighted by atomic mass is 79.9. The fourth-order valence-electron chi connectivity index (χ4n) is 1.17. The highest BCUT2D eigenvalue weighted by molar-refractivity contribution is 9.10. The molecule has 2 aromatic rings. The molecular weight excluding hydrogens is 330 g/mol. The standard InChI is InChI=1S/C9H7BrF2N4OS/c10-5-1-4(11)2-6(12)8(5)17-3-7-15-16-9(14-13)18-7/h1-2H,3,13H2,(H,14,16). The van der Waals surface area contributed by atoms with Gasteiger partial charge in [-0.3, -0.25) is 5.43 Å². The molecule has 1 aromatic heterocycles. The molecule has 1 aromatic carbocycles. The van der Waals surface area contributed by atoms with E-state index in [1.165, 1.54) is 11.3 Å². The maximum Gasteiger partial charge on any atom is 0.219 e. The number of ether oxygens (including phenoxy) is 1. The first-order valence-electron chi connectivity index (χ1n) is 4.66. The van der Waals surface area contributed by atoms with Crippen molar-refractivity contribution in [2.24, 2.45) is 5.84 Å². The molecule has 0 amide bonds. The van der Waals surface area contributed by atoms with Gasteiger partial charge < -0.3 is 4.74 Å². The second kappa shape index (κ2) is 5.55. The third-order valence-corrected chi connectivity index (χ3v) is 3.31. The van der Waals surface area contributed by atoms with Gasteiger partial charge in [-0.2, -0.15) is 0 Å². The number of rotatable bonds is 4. The van der Waals surface area contributed by atoms with Crippen molar-refractivity contribution in [2.45, 2.75) is 6.61 Å². The van der Waals surface area contributed by atoms with Gasteiger partial charge in [-0.25, -0.2) is 14.6 Å². The first-order valence-corrected chi connectivity index (χ1v) is 6.27. The van der Waals surface area contributed by atoms with Gasteiger partial charge in [0.1, 0.15) is 12.4 Å². The van der Waals surface area contributed by atoms with Gasteiger partial charge in [-0.15, -0.1) is 10.2 Å². The molecule has 0 aliphatic heterocycles. The maximum absolute atomic E-state index is 13.4. The molecule has 0 spiro atoms. The fourth-order valence-corrected chi connectivity index (χ4v) is 2.26. The quantitative estimate of drug-likeness (QED) is 0.662. The molecule has 0 saturated heterocycles. The molecule has 0 aliphatic carbocycles. The van der Waals surface area contributed by atoms with Crippen LogP contribution < -0.4 is 16.0 Å². The summed E-state index contributed by atoms with van der Waals surface area (Å²) in [5, 5.41) is 8.40. The Kier molecular flexibility index (Phi) is 4.04. The summed E-state index contributed by atoms with van der Waals surface area (Å²) in [7, 11) is 0. The molecule has 2 rings (SSSR count). The lowest BCUT2D eigenvalue weighted by Gasteiger charge is -2.07. The molecule has 0 saturated carbocycles. The number of benzene rings is 1. The smallest absolute Gasteiger partial charge is 0.219 e. The number of nitrogen functional groups attached to an aromatic ring is 1. The number of nitrogens with zero attached hydrogens (tertiary/aromatic N) is 2. The van der Waals surface area contributed by atoms with E-state index in [1.54, 1.807) is 0 Å². The predicted molar refractivity (Wildman–Crippen MR) is 66.1 cm³/mol. The minimum Gasteiger partial charge on any atom is -0.482 e. The van der Waals surface area contributed by atoms with Gasteiger partial charge in [0.25, 0.3) is 0 Å². The summed E-state index contributed by atoms with van der Waals surface area (Å²) in [6.45, 7) is 0.0144. The third kappa shape index (κ3) is 2.92. The van der Waals surface area contributed by atoms with E-state index in [1.807, 2.05) is 0 Å². The topological polar surface area (TPSA) is 73.1 Å². The van der Waals surface area contributed by atoms with Crippen molar-refractivity contribution < 1.29 is 13.5 Å². The summed E-state index contributed by atoms with van der Waals surface area (Å²) in [4.78, 5) is 0. The number of nitrogens with one attached hydrogen (secondary N) is 1. The summed E-state index contributed by atoms with van der Waals surface area (Å²) in [5.74, 6) is 3.60. The van der Waals surface area contributed by atoms with Gasteiger partial charge in [0.15, 0.2) is 16.6 Å². The van der Waals surface area contributed by atoms with Crippen molar-refractivity contribution in [3.63, 3.8) is 0 Å². The summed E-state index contributed by atoms with van der Waals surface area (Å²) in [6, 6.07) is 1.86. The lowest BCUT2D eigenvalue weighted by atomic mass is 10.3. The van der Waals surface area contributed by atoms with Crippen LogP contribution in [0.2, 0.25) is 0 Å². The highest BCUT2D eigenvalue weighted by Crippen LogP contribution is 2.30. The van der Waals surface area contributed by atoms with Crippen LogP contribution in [0.1, 0.15) is 5.01 Å². The van der Waals surface area contributed by atoms with Crippen LogP contribution in [0.5, 0.6) is 5.75 Å². The number of anilines is 1. The number of hydrazine groups is 1. The molecule has 9 heteroatoms. The first kappa shape index (κ1) is 13.1. The molecule has 0 fully saturated rings. The molecule has 3 N–H and O–H groups in total. The van der Waals surface area contributed by atoms with E-state index in [0.717, 1.165) is 12.1 Å². The second-order valence-electron chi connectivity index (χ2n) is 3.13. The average Bonchev–Trinajstić information content (AvgIpc) is 2.75.